The smallest absolute Gasteiger partial charge is 0.318 e. The molecule has 2 aliphatic heterocycles. The van der Waals surface area contributed by atoms with Gasteiger partial charge in [-0.2, -0.15) is 0 Å². The zero-order valence-electron chi connectivity index (χ0n) is 16.9. The van der Waals surface area contributed by atoms with Crippen molar-refractivity contribution in [1.82, 2.24) is 14.8 Å². The lowest BCUT2D eigenvalue weighted by Gasteiger charge is -2.38. The molecule has 2 aliphatic rings. The van der Waals surface area contributed by atoms with E-state index < -0.39 is 0 Å². The van der Waals surface area contributed by atoms with Crippen LogP contribution in [0.15, 0.2) is 77.4 Å². The Kier molecular flexibility index (Phi) is 5.28. The van der Waals surface area contributed by atoms with Crippen LogP contribution in [0, 0.1) is 0 Å². The summed E-state index contributed by atoms with van der Waals surface area (Å²) in [5.74, 6) is 0.0356. The highest BCUT2D eigenvalue weighted by Gasteiger charge is 2.36. The van der Waals surface area contributed by atoms with Gasteiger partial charge in [-0.1, -0.05) is 46.3 Å². The van der Waals surface area contributed by atoms with Crippen molar-refractivity contribution in [3.8, 4) is 0 Å². The van der Waals surface area contributed by atoms with Crippen LogP contribution in [0.1, 0.15) is 23.7 Å². The van der Waals surface area contributed by atoms with E-state index in [1.54, 1.807) is 4.90 Å². The summed E-state index contributed by atoms with van der Waals surface area (Å²) in [7, 11) is 0. The minimum atomic E-state index is -0.209. The lowest BCUT2D eigenvalue weighted by Crippen LogP contribution is -2.50. The van der Waals surface area contributed by atoms with Gasteiger partial charge in [-0.3, -0.25) is 4.79 Å². The number of nitrogens with one attached hydrogen (secondary N) is 1. The number of anilines is 1. The van der Waals surface area contributed by atoms with Gasteiger partial charge in [0.1, 0.15) is 0 Å². The predicted octanol–water partition coefficient (Wildman–Crippen LogP) is 4.17. The number of hydrogen-bond donors (Lipinski definition) is 1. The molecule has 2 atom stereocenters. The van der Waals surface area contributed by atoms with E-state index >= 15 is 0 Å². The molecule has 0 spiro atoms. The quantitative estimate of drug-likeness (QED) is 0.613. The molecule has 6 nitrogen and oxygen atoms in total. The van der Waals surface area contributed by atoms with Crippen molar-refractivity contribution in [3.63, 3.8) is 0 Å². The van der Waals surface area contributed by atoms with Crippen molar-refractivity contribution in [1.29, 1.82) is 0 Å². The summed E-state index contributed by atoms with van der Waals surface area (Å²) < 4.78 is 3.20. The molecule has 0 saturated carbocycles. The van der Waals surface area contributed by atoms with E-state index in [4.69, 9.17) is 0 Å². The molecule has 3 amide bonds. The highest BCUT2D eigenvalue weighted by Crippen LogP contribution is 2.33. The third-order valence-electron chi connectivity index (χ3n) is 6.01. The number of benzene rings is 2. The molecule has 2 unspecified atom stereocenters. The first kappa shape index (κ1) is 19.9. The molecular weight excluding hydrogens is 456 g/mol. The Hall–Kier alpha value is -3.06. The number of para-hydroxylation sites is 1. The molecule has 5 rings (SSSR count). The number of carbonyl (C=O) groups excluding carboxylic acids is 2. The molecule has 7 heteroatoms. The van der Waals surface area contributed by atoms with Gasteiger partial charge in [0, 0.05) is 48.1 Å². The normalized spacial score (nSPS) is 20.6. The van der Waals surface area contributed by atoms with E-state index in [9.17, 15) is 9.59 Å². The van der Waals surface area contributed by atoms with Crippen LogP contribution in [0.25, 0.3) is 0 Å². The van der Waals surface area contributed by atoms with Crippen LogP contribution in [0.4, 0.5) is 10.5 Å². The Morgan fingerprint density at radius 1 is 0.968 bits per heavy atom. The number of hydrogen-bond acceptors (Lipinski definition) is 2. The van der Waals surface area contributed by atoms with E-state index in [0.717, 1.165) is 28.0 Å². The third-order valence-corrected chi connectivity index (χ3v) is 6.53. The zero-order chi connectivity index (χ0) is 21.4. The van der Waals surface area contributed by atoms with Gasteiger partial charge in [-0.05, 0) is 42.0 Å². The lowest BCUT2D eigenvalue weighted by molar-refractivity contribution is -0.117. The van der Waals surface area contributed by atoms with Crippen LogP contribution in [0.2, 0.25) is 0 Å². The summed E-state index contributed by atoms with van der Waals surface area (Å²) in [6.45, 7) is 1.85. The molecule has 3 aromatic rings. The van der Waals surface area contributed by atoms with Crippen molar-refractivity contribution < 1.29 is 9.59 Å². The average molecular weight is 479 g/mol. The lowest BCUT2D eigenvalue weighted by atomic mass is 10.0. The number of halogens is 1. The number of rotatable bonds is 3. The van der Waals surface area contributed by atoms with Gasteiger partial charge in [-0.15, -0.1) is 0 Å². The molecule has 0 bridgehead atoms. The number of nitrogens with zero attached hydrogens (tertiary/aromatic N) is 3. The largest absolute Gasteiger partial charge is 0.348 e. The predicted molar refractivity (Wildman–Crippen MR) is 123 cm³/mol. The first-order valence-electron chi connectivity index (χ1n) is 10.4. The molecule has 1 fully saturated rings. The van der Waals surface area contributed by atoms with Crippen molar-refractivity contribution >= 4 is 33.6 Å². The van der Waals surface area contributed by atoms with Crippen LogP contribution in [-0.4, -0.2) is 40.5 Å². The number of carbonyl (C=O) groups is 2. The molecule has 2 aromatic carbocycles. The second-order valence-electron chi connectivity index (χ2n) is 7.96. The van der Waals surface area contributed by atoms with Gasteiger partial charge in [0.2, 0.25) is 5.91 Å². The maximum Gasteiger partial charge on any atom is 0.318 e. The van der Waals surface area contributed by atoms with E-state index in [1.807, 2.05) is 65.6 Å². The summed E-state index contributed by atoms with van der Waals surface area (Å²) in [5.41, 5.74) is 3.02. The Balaban J connectivity index is 1.36. The Labute approximate surface area is 189 Å². The molecule has 3 heterocycles. The third kappa shape index (κ3) is 3.85. The Morgan fingerprint density at radius 2 is 1.74 bits per heavy atom. The van der Waals surface area contributed by atoms with Crippen LogP contribution in [-0.2, 0) is 11.3 Å². The first-order chi connectivity index (χ1) is 15.1. The maximum atomic E-state index is 13.4. The molecule has 1 aromatic heterocycles. The van der Waals surface area contributed by atoms with Gasteiger partial charge in [-0.25, -0.2) is 4.79 Å². The highest BCUT2D eigenvalue weighted by molar-refractivity contribution is 9.10. The number of amides is 3. The molecule has 0 aliphatic carbocycles. The van der Waals surface area contributed by atoms with Crippen LogP contribution in [0.3, 0.4) is 0 Å². The molecule has 1 N–H and O–H groups in total. The number of aromatic nitrogens is 1. The van der Waals surface area contributed by atoms with Crippen molar-refractivity contribution in [3.05, 3.63) is 88.7 Å². The summed E-state index contributed by atoms with van der Waals surface area (Å²) in [6.07, 6.45) is 2.37. The highest BCUT2D eigenvalue weighted by atomic mass is 79.9. The van der Waals surface area contributed by atoms with Crippen molar-refractivity contribution in [2.45, 2.75) is 25.0 Å². The fourth-order valence-corrected chi connectivity index (χ4v) is 4.78. The molecule has 158 valence electrons. The summed E-state index contributed by atoms with van der Waals surface area (Å²) in [4.78, 5) is 29.5. The second kappa shape index (κ2) is 8.23. The van der Waals surface area contributed by atoms with Gasteiger partial charge >= 0.3 is 6.03 Å². The van der Waals surface area contributed by atoms with Gasteiger partial charge in [0.25, 0.3) is 0 Å². The number of fused-ring (bicyclic) bond motifs is 1. The SMILES string of the molecule is O=C1CC(NC(=O)N2CCn3cccc3C2c2ccc(Br)cc2)CN1c1ccccc1. The molecule has 31 heavy (non-hydrogen) atoms. The van der Waals surface area contributed by atoms with E-state index in [2.05, 4.69) is 38.1 Å². The average Bonchev–Trinajstić information content (AvgIpc) is 3.40. The molecule has 1 saturated heterocycles. The van der Waals surface area contributed by atoms with Crippen LogP contribution < -0.4 is 10.2 Å². The maximum absolute atomic E-state index is 13.4. The van der Waals surface area contributed by atoms with Crippen LogP contribution in [0.5, 0.6) is 0 Å². The van der Waals surface area contributed by atoms with Crippen molar-refractivity contribution in [2.24, 2.45) is 0 Å². The fraction of sp³-hybridized carbons (Fsp3) is 0.250. The summed E-state index contributed by atoms with van der Waals surface area (Å²) in [5, 5.41) is 3.12. The minimum absolute atomic E-state index is 0.0356. The Bertz CT molecular complexity index is 1100. The monoisotopic (exact) mass is 478 g/mol. The standard InChI is InChI=1S/C24H23BrN4O2/c25-18-10-8-17(9-11-18)23-21-7-4-12-27(21)13-14-28(23)24(31)26-19-15-22(30)29(16-19)20-5-2-1-3-6-20/h1-12,19,23H,13-16H2,(H,26,31). The van der Waals surface area contributed by atoms with E-state index in [1.165, 1.54) is 0 Å². The molecular formula is C24H23BrN4O2. The number of urea groups is 1. The van der Waals surface area contributed by atoms with Crippen molar-refractivity contribution in [2.75, 3.05) is 18.0 Å². The Morgan fingerprint density at radius 3 is 2.52 bits per heavy atom. The zero-order valence-corrected chi connectivity index (χ0v) is 18.5. The minimum Gasteiger partial charge on any atom is -0.348 e. The fourth-order valence-electron chi connectivity index (χ4n) is 4.52. The first-order valence-corrected chi connectivity index (χ1v) is 11.2. The van der Waals surface area contributed by atoms with Gasteiger partial charge < -0.3 is 19.7 Å². The summed E-state index contributed by atoms with van der Waals surface area (Å²) >= 11 is 3.49. The second-order valence-corrected chi connectivity index (χ2v) is 8.88. The topological polar surface area (TPSA) is 57.6 Å². The van der Waals surface area contributed by atoms with Gasteiger partial charge in [0.15, 0.2) is 0 Å². The van der Waals surface area contributed by atoms with E-state index in [-0.39, 0.29) is 24.0 Å². The van der Waals surface area contributed by atoms with Crippen LogP contribution >= 0.6 is 15.9 Å². The summed E-state index contributed by atoms with van der Waals surface area (Å²) in [6, 6.07) is 21.3. The van der Waals surface area contributed by atoms with E-state index in [0.29, 0.717) is 19.5 Å². The van der Waals surface area contributed by atoms with Gasteiger partial charge in [0.05, 0.1) is 12.1 Å². The molecule has 0 radical (unpaired) electrons.